The van der Waals surface area contributed by atoms with E-state index in [-0.39, 0.29) is 18.8 Å². The summed E-state index contributed by atoms with van der Waals surface area (Å²) >= 11 is 0. The summed E-state index contributed by atoms with van der Waals surface area (Å²) in [6.07, 6.45) is 8.34. The Balaban J connectivity index is 3.36. The summed E-state index contributed by atoms with van der Waals surface area (Å²) in [6, 6.07) is -2.39. The van der Waals surface area contributed by atoms with Gasteiger partial charge in [-0.15, -0.1) is 0 Å². The maximum Gasteiger partial charge on any atom is 0.336 e. The normalized spacial score (nSPS) is 22.8. The molecule has 4 N–H and O–H groups in total. The minimum Gasteiger partial charge on any atom is -0.480 e. The molecule has 0 aromatic rings. The van der Waals surface area contributed by atoms with E-state index in [4.69, 9.17) is 10.5 Å². The van der Waals surface area contributed by atoms with Gasteiger partial charge in [-0.1, -0.05) is 44.2 Å². The molecule has 33 heavy (non-hydrogen) atoms. The van der Waals surface area contributed by atoms with Crippen molar-refractivity contribution >= 4 is 27.7 Å². The maximum atomic E-state index is 13.7. The number of carbonyl (C=O) groups is 3. The van der Waals surface area contributed by atoms with E-state index in [0.29, 0.717) is 0 Å². The van der Waals surface area contributed by atoms with Crippen molar-refractivity contribution in [2.24, 2.45) is 17.6 Å². The van der Waals surface area contributed by atoms with E-state index >= 15 is 0 Å². The Morgan fingerprint density at radius 3 is 2.33 bits per heavy atom. The Hall–Kier alpha value is -2.46. The lowest BCUT2D eigenvalue weighted by atomic mass is 9.82. The molecule has 0 fully saturated rings. The number of nitrogens with two attached hydrogens (primary N) is 1. The fourth-order valence-corrected chi connectivity index (χ4v) is 5.73. The highest BCUT2D eigenvalue weighted by Crippen LogP contribution is 2.42. The summed E-state index contributed by atoms with van der Waals surface area (Å²) in [7, 11) is -4.19. The number of carboxylic acids is 1. The minimum absolute atomic E-state index is 0.0139. The van der Waals surface area contributed by atoms with E-state index in [1.807, 2.05) is 13.8 Å². The summed E-state index contributed by atoms with van der Waals surface area (Å²) in [5.74, 6) is -3.94. The fourth-order valence-electron chi connectivity index (χ4n) is 3.62. The Labute approximate surface area is 196 Å². The van der Waals surface area contributed by atoms with Gasteiger partial charge in [-0.25, -0.2) is 18.0 Å². The summed E-state index contributed by atoms with van der Waals surface area (Å²) in [5, 5.41) is 11.8. The zero-order valence-corrected chi connectivity index (χ0v) is 20.9. The minimum atomic E-state index is -4.19. The molecule has 0 aromatic carbocycles. The van der Waals surface area contributed by atoms with E-state index < -0.39 is 55.2 Å². The molecule has 0 saturated carbocycles. The molecule has 0 heterocycles. The molecule has 0 spiro atoms. The SMILES string of the molecule is CC=COC(=O)C1(S(=O)(=O)C(C)(C)C)C=CC=CC1C[C@H](N)C(=O)N[C@@H](CC(C)C)C(=O)O. The van der Waals surface area contributed by atoms with Crippen molar-refractivity contribution in [3.63, 3.8) is 0 Å². The number of nitrogens with one attached hydrogen (secondary N) is 1. The van der Waals surface area contributed by atoms with E-state index in [1.54, 1.807) is 13.0 Å². The van der Waals surface area contributed by atoms with Crippen molar-refractivity contribution in [3.05, 3.63) is 36.6 Å². The molecular formula is C23H36N2O7S. The number of hydrogen-bond acceptors (Lipinski definition) is 7. The number of hydrogen-bond donors (Lipinski definition) is 3. The topological polar surface area (TPSA) is 153 Å². The summed E-state index contributed by atoms with van der Waals surface area (Å²) in [4.78, 5) is 37.4. The summed E-state index contributed by atoms with van der Waals surface area (Å²) < 4.78 is 29.0. The first kappa shape index (κ1) is 28.6. The molecule has 2 unspecified atom stereocenters. The highest BCUT2D eigenvalue weighted by Gasteiger charge is 2.59. The van der Waals surface area contributed by atoms with Crippen LogP contribution in [0.3, 0.4) is 0 Å². The van der Waals surface area contributed by atoms with Crippen LogP contribution in [0, 0.1) is 11.8 Å². The molecule has 1 amide bonds. The fraction of sp³-hybridized carbons (Fsp3) is 0.609. The van der Waals surface area contributed by atoms with Crippen molar-refractivity contribution in [1.29, 1.82) is 0 Å². The van der Waals surface area contributed by atoms with Crippen LogP contribution in [-0.4, -0.2) is 52.9 Å². The third kappa shape index (κ3) is 6.32. The van der Waals surface area contributed by atoms with E-state index in [2.05, 4.69) is 5.32 Å². The van der Waals surface area contributed by atoms with Crippen molar-refractivity contribution in [1.82, 2.24) is 5.32 Å². The van der Waals surface area contributed by atoms with Gasteiger partial charge in [0.15, 0.2) is 14.6 Å². The third-order valence-electron chi connectivity index (χ3n) is 5.40. The van der Waals surface area contributed by atoms with Crippen molar-refractivity contribution in [2.45, 2.75) is 76.0 Å². The average molecular weight is 485 g/mol. The number of rotatable bonds is 10. The number of carboxylic acid groups (broad SMARTS) is 1. The van der Waals surface area contributed by atoms with Crippen LogP contribution < -0.4 is 11.1 Å². The van der Waals surface area contributed by atoms with Crippen LogP contribution >= 0.6 is 0 Å². The Bertz CT molecular complexity index is 929. The number of amides is 1. The van der Waals surface area contributed by atoms with Crippen molar-refractivity contribution in [2.75, 3.05) is 0 Å². The lowest BCUT2D eigenvalue weighted by Gasteiger charge is -2.40. The molecule has 0 saturated heterocycles. The average Bonchev–Trinajstić information content (AvgIpc) is 2.70. The lowest BCUT2D eigenvalue weighted by Crippen LogP contribution is -2.59. The van der Waals surface area contributed by atoms with Crippen LogP contribution in [0.25, 0.3) is 0 Å². The third-order valence-corrected chi connectivity index (χ3v) is 8.50. The monoisotopic (exact) mass is 484 g/mol. The molecule has 4 atom stereocenters. The van der Waals surface area contributed by atoms with Gasteiger partial charge in [0.25, 0.3) is 0 Å². The van der Waals surface area contributed by atoms with Gasteiger partial charge in [0, 0.05) is 5.92 Å². The quantitative estimate of drug-likeness (QED) is 0.315. The maximum absolute atomic E-state index is 13.7. The van der Waals surface area contributed by atoms with Gasteiger partial charge < -0.3 is 20.9 Å². The molecule has 1 aliphatic carbocycles. The Morgan fingerprint density at radius 1 is 1.24 bits per heavy atom. The van der Waals surface area contributed by atoms with Gasteiger partial charge in [-0.05, 0) is 46.5 Å². The number of ether oxygens (including phenoxy) is 1. The van der Waals surface area contributed by atoms with Gasteiger partial charge in [-0.3, -0.25) is 4.79 Å². The highest BCUT2D eigenvalue weighted by molar-refractivity contribution is 7.95. The van der Waals surface area contributed by atoms with Crippen molar-refractivity contribution in [3.8, 4) is 0 Å². The van der Waals surface area contributed by atoms with Crippen molar-refractivity contribution < 1.29 is 32.6 Å². The summed E-state index contributed by atoms with van der Waals surface area (Å²) in [6.45, 7) is 9.69. The molecule has 0 radical (unpaired) electrons. The molecule has 0 aliphatic heterocycles. The van der Waals surface area contributed by atoms with E-state index in [9.17, 15) is 27.9 Å². The number of carbonyl (C=O) groups excluding carboxylic acids is 2. The molecular weight excluding hydrogens is 448 g/mol. The van der Waals surface area contributed by atoms with Gasteiger partial charge in [-0.2, -0.15) is 0 Å². The molecule has 10 heteroatoms. The van der Waals surface area contributed by atoms with Gasteiger partial charge in [0.1, 0.15) is 6.04 Å². The number of allylic oxidation sites excluding steroid dienone is 4. The highest BCUT2D eigenvalue weighted by atomic mass is 32.2. The molecule has 1 rings (SSSR count). The number of sulfone groups is 1. The van der Waals surface area contributed by atoms with Crippen LogP contribution in [0.15, 0.2) is 36.6 Å². The largest absolute Gasteiger partial charge is 0.480 e. The molecule has 186 valence electrons. The Morgan fingerprint density at radius 2 is 1.85 bits per heavy atom. The standard InChI is InChI=1S/C23H36N2O7S/c1-7-12-32-21(29)23(33(30,31)22(4,5)6)11-9-8-10-16(23)14-17(24)19(26)25-18(20(27)28)13-15(2)3/h7-12,15-18H,13-14,24H2,1-6H3,(H,25,26)(H,27,28)/t16?,17-,18-,23?/m0/s1. The smallest absolute Gasteiger partial charge is 0.336 e. The van der Waals surface area contributed by atoms with Crippen LogP contribution in [0.4, 0.5) is 0 Å². The van der Waals surface area contributed by atoms with Crippen LogP contribution in [0.1, 0.15) is 54.4 Å². The molecule has 0 aromatic heterocycles. The second-order valence-electron chi connectivity index (χ2n) is 9.51. The lowest BCUT2D eigenvalue weighted by molar-refractivity contribution is -0.142. The second kappa shape index (κ2) is 11.1. The zero-order chi connectivity index (χ0) is 25.6. The van der Waals surface area contributed by atoms with Gasteiger partial charge in [0.05, 0.1) is 17.1 Å². The van der Waals surface area contributed by atoms with E-state index in [1.165, 1.54) is 45.1 Å². The molecule has 9 nitrogen and oxygen atoms in total. The first-order valence-corrected chi connectivity index (χ1v) is 12.3. The van der Waals surface area contributed by atoms with Crippen LogP contribution in [0.2, 0.25) is 0 Å². The predicted octanol–water partition coefficient (Wildman–Crippen LogP) is 2.09. The number of esters is 1. The first-order valence-electron chi connectivity index (χ1n) is 10.8. The van der Waals surface area contributed by atoms with Gasteiger partial charge in [0.2, 0.25) is 5.91 Å². The molecule has 1 aliphatic rings. The zero-order valence-electron chi connectivity index (χ0n) is 20.1. The van der Waals surface area contributed by atoms with E-state index in [0.717, 1.165) is 6.26 Å². The second-order valence-corrected chi connectivity index (χ2v) is 12.4. The number of aliphatic carboxylic acids is 1. The van der Waals surface area contributed by atoms with Crippen LogP contribution in [0.5, 0.6) is 0 Å². The van der Waals surface area contributed by atoms with Gasteiger partial charge >= 0.3 is 11.9 Å². The Kier molecular flexibility index (Phi) is 9.62. The first-order chi connectivity index (χ1) is 15.1. The predicted molar refractivity (Wildman–Crippen MR) is 126 cm³/mol. The summed E-state index contributed by atoms with van der Waals surface area (Å²) in [5.41, 5.74) is 6.08. The van der Waals surface area contributed by atoms with Crippen LogP contribution in [-0.2, 0) is 29.0 Å². The molecule has 0 bridgehead atoms.